The lowest BCUT2D eigenvalue weighted by molar-refractivity contribution is 0.0600. The minimum atomic E-state index is -3.17. The third-order valence-electron chi connectivity index (χ3n) is 5.32. The molecule has 1 amide bonds. The van der Waals surface area contributed by atoms with Crippen molar-refractivity contribution in [1.82, 2.24) is 9.21 Å². The van der Waals surface area contributed by atoms with E-state index >= 15 is 0 Å². The number of hydrogen-bond acceptors (Lipinski definition) is 6. The number of anilines is 1. The Hall–Kier alpha value is -2.46. The molecule has 1 aliphatic rings. The first-order valence-electron chi connectivity index (χ1n) is 10.2. The highest BCUT2D eigenvalue weighted by atomic mass is 35.5. The van der Waals surface area contributed by atoms with Gasteiger partial charge in [-0.15, -0.1) is 0 Å². The van der Waals surface area contributed by atoms with Crippen molar-refractivity contribution in [2.45, 2.75) is 13.5 Å². The second kappa shape index (κ2) is 10.4. The maximum atomic E-state index is 12.8. The van der Waals surface area contributed by atoms with Gasteiger partial charge in [0.25, 0.3) is 5.91 Å². The number of nitrogens with zero attached hydrogens (tertiary/aromatic N) is 2. The zero-order valence-electron chi connectivity index (χ0n) is 18.0. The van der Waals surface area contributed by atoms with Gasteiger partial charge in [0.1, 0.15) is 0 Å². The van der Waals surface area contributed by atoms with Gasteiger partial charge in [-0.25, -0.2) is 13.2 Å². The number of amides is 1. The molecule has 0 radical (unpaired) electrons. The number of ether oxygens (including phenoxy) is 1. The molecule has 0 aromatic heterocycles. The number of halogens is 1. The lowest BCUT2D eigenvalue weighted by Gasteiger charge is -2.33. The summed E-state index contributed by atoms with van der Waals surface area (Å²) in [6.45, 7) is 4.45. The first kappa shape index (κ1) is 24.2. The molecule has 172 valence electrons. The number of esters is 1. The van der Waals surface area contributed by atoms with Gasteiger partial charge in [0.2, 0.25) is 10.0 Å². The molecule has 0 atom stereocenters. The van der Waals surface area contributed by atoms with Crippen molar-refractivity contribution in [2.75, 3.05) is 44.4 Å². The molecule has 2 aromatic carbocycles. The average Bonchev–Trinajstić information content (AvgIpc) is 2.80. The summed E-state index contributed by atoms with van der Waals surface area (Å²) in [6.07, 6.45) is 0. The Kier molecular flexibility index (Phi) is 7.89. The fraction of sp³-hybridized carbons (Fsp3) is 0.364. The van der Waals surface area contributed by atoms with Crippen LogP contribution in [0.1, 0.15) is 33.2 Å². The van der Waals surface area contributed by atoms with Crippen LogP contribution in [0.15, 0.2) is 42.5 Å². The van der Waals surface area contributed by atoms with E-state index in [2.05, 4.69) is 10.2 Å². The molecule has 0 saturated carbocycles. The van der Waals surface area contributed by atoms with Crippen LogP contribution in [-0.4, -0.2) is 68.5 Å². The predicted molar refractivity (Wildman–Crippen MR) is 123 cm³/mol. The minimum Gasteiger partial charge on any atom is -0.465 e. The molecular formula is C22H26ClN3O5S. The summed E-state index contributed by atoms with van der Waals surface area (Å²) in [4.78, 5) is 26.7. The van der Waals surface area contributed by atoms with Gasteiger partial charge in [0.05, 0.1) is 29.1 Å². The monoisotopic (exact) mass is 479 g/mol. The molecule has 32 heavy (non-hydrogen) atoms. The summed E-state index contributed by atoms with van der Waals surface area (Å²) < 4.78 is 30.3. The van der Waals surface area contributed by atoms with E-state index in [4.69, 9.17) is 16.3 Å². The highest BCUT2D eigenvalue weighted by molar-refractivity contribution is 7.89. The second-order valence-electron chi connectivity index (χ2n) is 7.42. The van der Waals surface area contributed by atoms with Crippen molar-refractivity contribution < 1.29 is 22.7 Å². The zero-order chi connectivity index (χ0) is 23.3. The second-order valence-corrected chi connectivity index (χ2v) is 10.1. The fourth-order valence-corrected chi connectivity index (χ4v) is 4.73. The normalized spacial score (nSPS) is 15.3. The van der Waals surface area contributed by atoms with Gasteiger partial charge in [-0.05, 0) is 42.8 Å². The minimum absolute atomic E-state index is 0.108. The highest BCUT2D eigenvalue weighted by Crippen LogP contribution is 2.24. The topological polar surface area (TPSA) is 96.0 Å². The number of methoxy groups -OCH3 is 1. The van der Waals surface area contributed by atoms with Crippen LogP contribution in [0.5, 0.6) is 0 Å². The van der Waals surface area contributed by atoms with Crippen molar-refractivity contribution in [3.05, 3.63) is 64.2 Å². The van der Waals surface area contributed by atoms with E-state index in [1.54, 1.807) is 25.1 Å². The molecule has 0 unspecified atom stereocenters. The number of carbonyl (C=O) groups is 2. The number of rotatable bonds is 7. The van der Waals surface area contributed by atoms with Crippen molar-refractivity contribution in [2.24, 2.45) is 0 Å². The van der Waals surface area contributed by atoms with E-state index in [-0.39, 0.29) is 17.2 Å². The summed E-state index contributed by atoms with van der Waals surface area (Å²) >= 11 is 6.17. The van der Waals surface area contributed by atoms with Crippen molar-refractivity contribution in [3.63, 3.8) is 0 Å². The molecule has 8 nitrogen and oxygen atoms in total. The molecule has 1 heterocycles. The number of piperazine rings is 1. The third kappa shape index (κ3) is 5.86. The van der Waals surface area contributed by atoms with Gasteiger partial charge in [-0.3, -0.25) is 9.69 Å². The Balaban J connectivity index is 1.65. The largest absolute Gasteiger partial charge is 0.465 e. The van der Waals surface area contributed by atoms with E-state index in [0.717, 1.165) is 5.56 Å². The van der Waals surface area contributed by atoms with Crippen LogP contribution in [0.4, 0.5) is 5.69 Å². The SMILES string of the molecule is CCS(=O)(=O)N1CCN(Cc2cccc(C(=O)Nc3cc(C(=O)OC)ccc3Cl)c2)CC1. The third-order valence-corrected chi connectivity index (χ3v) is 7.53. The molecule has 0 bridgehead atoms. The molecule has 1 N–H and O–H groups in total. The number of benzene rings is 2. The summed E-state index contributed by atoms with van der Waals surface area (Å²) in [5, 5.41) is 3.05. The van der Waals surface area contributed by atoms with Gasteiger partial charge in [-0.1, -0.05) is 23.7 Å². The first-order valence-corrected chi connectivity index (χ1v) is 12.2. The van der Waals surface area contributed by atoms with Crippen LogP contribution in [-0.2, 0) is 21.3 Å². The van der Waals surface area contributed by atoms with Crippen LogP contribution in [0, 0.1) is 0 Å². The Bertz CT molecular complexity index is 1100. The Morgan fingerprint density at radius 3 is 2.44 bits per heavy atom. The summed E-state index contributed by atoms with van der Waals surface area (Å²) in [5.74, 6) is -0.767. The molecular weight excluding hydrogens is 454 g/mol. The Morgan fingerprint density at radius 2 is 1.78 bits per heavy atom. The Labute approximate surface area is 193 Å². The van der Waals surface area contributed by atoms with Gasteiger partial charge in [0, 0.05) is 38.3 Å². The van der Waals surface area contributed by atoms with E-state index in [1.807, 2.05) is 6.07 Å². The van der Waals surface area contributed by atoms with Crippen LogP contribution >= 0.6 is 11.6 Å². The van der Waals surface area contributed by atoms with E-state index in [0.29, 0.717) is 49.0 Å². The molecule has 0 spiro atoms. The fourth-order valence-electron chi connectivity index (χ4n) is 3.48. The highest BCUT2D eigenvalue weighted by Gasteiger charge is 2.25. The van der Waals surface area contributed by atoms with Crippen LogP contribution in [0.25, 0.3) is 0 Å². The van der Waals surface area contributed by atoms with Crippen LogP contribution < -0.4 is 5.32 Å². The van der Waals surface area contributed by atoms with E-state index in [1.165, 1.54) is 29.6 Å². The summed E-state index contributed by atoms with van der Waals surface area (Å²) in [7, 11) is -1.88. The average molecular weight is 480 g/mol. The molecule has 1 fully saturated rings. The number of carbonyl (C=O) groups excluding carboxylic acids is 2. The van der Waals surface area contributed by atoms with Crippen LogP contribution in [0.2, 0.25) is 5.02 Å². The number of hydrogen-bond donors (Lipinski definition) is 1. The number of nitrogens with one attached hydrogen (secondary N) is 1. The lowest BCUT2D eigenvalue weighted by Crippen LogP contribution is -2.48. The molecule has 1 saturated heterocycles. The quantitative estimate of drug-likeness (QED) is 0.613. The van der Waals surface area contributed by atoms with E-state index < -0.39 is 16.0 Å². The Morgan fingerprint density at radius 1 is 1.06 bits per heavy atom. The van der Waals surface area contributed by atoms with Crippen molar-refractivity contribution >= 4 is 39.2 Å². The van der Waals surface area contributed by atoms with Crippen molar-refractivity contribution in [3.8, 4) is 0 Å². The van der Waals surface area contributed by atoms with Crippen molar-refractivity contribution in [1.29, 1.82) is 0 Å². The molecule has 0 aliphatic carbocycles. The predicted octanol–water partition coefficient (Wildman–Crippen LogP) is 2.85. The van der Waals surface area contributed by atoms with Gasteiger partial charge in [-0.2, -0.15) is 4.31 Å². The van der Waals surface area contributed by atoms with Gasteiger partial charge < -0.3 is 10.1 Å². The molecule has 1 aliphatic heterocycles. The molecule has 10 heteroatoms. The molecule has 2 aromatic rings. The lowest BCUT2D eigenvalue weighted by atomic mass is 10.1. The maximum Gasteiger partial charge on any atom is 0.337 e. The summed E-state index contributed by atoms with van der Waals surface area (Å²) in [6, 6.07) is 11.7. The first-order chi connectivity index (χ1) is 15.2. The standard InChI is InChI=1S/C22H26ClN3O5S/c1-3-32(29,30)26-11-9-25(10-12-26)15-16-5-4-6-17(13-16)21(27)24-20-14-18(22(28)31-2)7-8-19(20)23/h4-8,13-14H,3,9-12,15H2,1-2H3,(H,24,27). The smallest absolute Gasteiger partial charge is 0.337 e. The zero-order valence-corrected chi connectivity index (χ0v) is 19.6. The van der Waals surface area contributed by atoms with E-state index in [9.17, 15) is 18.0 Å². The summed E-state index contributed by atoms with van der Waals surface area (Å²) in [5.41, 5.74) is 2.00. The van der Waals surface area contributed by atoms with Gasteiger partial charge in [0.15, 0.2) is 0 Å². The van der Waals surface area contributed by atoms with Gasteiger partial charge >= 0.3 is 5.97 Å². The number of sulfonamides is 1. The van der Waals surface area contributed by atoms with Crippen LogP contribution in [0.3, 0.4) is 0 Å². The maximum absolute atomic E-state index is 12.8. The molecule has 3 rings (SSSR count).